The van der Waals surface area contributed by atoms with E-state index in [4.69, 9.17) is 11.5 Å². The van der Waals surface area contributed by atoms with Gasteiger partial charge in [-0.05, 0) is 36.5 Å². The molecule has 1 amide bonds. The van der Waals surface area contributed by atoms with Gasteiger partial charge < -0.3 is 16.4 Å². The second-order valence-electron chi connectivity index (χ2n) is 5.72. The van der Waals surface area contributed by atoms with Gasteiger partial charge in [0.15, 0.2) is 5.13 Å². The highest BCUT2D eigenvalue weighted by molar-refractivity contribution is 7.19. The number of aromatic nitrogens is 1. The van der Waals surface area contributed by atoms with Crippen LogP contribution in [0.15, 0.2) is 24.3 Å². The quantitative estimate of drug-likeness (QED) is 0.849. The Morgan fingerprint density at radius 3 is 2.65 bits per heavy atom. The molecule has 1 aliphatic rings. The second kappa shape index (κ2) is 6.64. The summed E-state index contributed by atoms with van der Waals surface area (Å²) in [4.78, 5) is 19.5. The molecule has 1 saturated carbocycles. The van der Waals surface area contributed by atoms with Crippen molar-refractivity contribution in [2.45, 2.75) is 12.8 Å². The number of hydrogen-bond acceptors (Lipinski definition) is 5. The minimum atomic E-state index is -0.322. The van der Waals surface area contributed by atoms with Gasteiger partial charge in [-0.1, -0.05) is 23.5 Å². The first-order chi connectivity index (χ1) is 11.1. The summed E-state index contributed by atoms with van der Waals surface area (Å²) in [5, 5.41) is 0.326. The van der Waals surface area contributed by atoms with Gasteiger partial charge in [0.1, 0.15) is 11.5 Å². The summed E-state index contributed by atoms with van der Waals surface area (Å²) < 4.78 is 13.1. The predicted molar refractivity (Wildman–Crippen MR) is 89.6 cm³/mol. The molecule has 4 N–H and O–H groups in total. The third-order valence-corrected chi connectivity index (χ3v) is 4.75. The van der Waals surface area contributed by atoms with E-state index in [1.165, 1.54) is 23.5 Å². The zero-order valence-corrected chi connectivity index (χ0v) is 13.5. The molecule has 1 fully saturated rings. The molecule has 0 aliphatic heterocycles. The van der Waals surface area contributed by atoms with Gasteiger partial charge in [-0.3, -0.25) is 4.79 Å². The van der Waals surface area contributed by atoms with Crippen molar-refractivity contribution in [3.05, 3.63) is 35.8 Å². The van der Waals surface area contributed by atoms with Crippen molar-refractivity contribution in [2.75, 3.05) is 25.4 Å². The van der Waals surface area contributed by atoms with Crippen molar-refractivity contribution in [1.82, 2.24) is 9.88 Å². The molecule has 23 heavy (non-hydrogen) atoms. The van der Waals surface area contributed by atoms with Gasteiger partial charge >= 0.3 is 0 Å². The van der Waals surface area contributed by atoms with Gasteiger partial charge in [0.25, 0.3) is 5.91 Å². The highest BCUT2D eigenvalue weighted by atomic mass is 32.1. The standard InChI is InChI=1S/C16H19FN4OS/c17-12-5-3-11(4-6-12)14-13(20-16(19)23-14)15(22)21(8-7-18)9-10-1-2-10/h3-6,10H,1-2,7-9,18H2,(H2,19,20). The third-order valence-electron chi connectivity index (χ3n) is 3.81. The lowest BCUT2D eigenvalue weighted by Crippen LogP contribution is -2.37. The van der Waals surface area contributed by atoms with E-state index in [2.05, 4.69) is 4.98 Å². The fraction of sp³-hybridized carbons (Fsp3) is 0.375. The number of halogens is 1. The lowest BCUT2D eigenvalue weighted by Gasteiger charge is -2.21. The summed E-state index contributed by atoms with van der Waals surface area (Å²) in [5.41, 5.74) is 12.5. The van der Waals surface area contributed by atoms with Gasteiger partial charge in [-0.25, -0.2) is 9.37 Å². The normalized spacial score (nSPS) is 14.0. The van der Waals surface area contributed by atoms with E-state index in [-0.39, 0.29) is 11.7 Å². The average molecular weight is 334 g/mol. The summed E-state index contributed by atoms with van der Waals surface area (Å²) in [5.74, 6) is 0.0861. The number of carbonyl (C=O) groups excluding carboxylic acids is 1. The van der Waals surface area contributed by atoms with Crippen molar-refractivity contribution in [2.24, 2.45) is 11.7 Å². The number of benzene rings is 1. The molecule has 1 aromatic carbocycles. The Labute approximate surface area is 138 Å². The number of carbonyl (C=O) groups is 1. The molecule has 1 aromatic heterocycles. The van der Waals surface area contributed by atoms with Crippen LogP contribution in [0.4, 0.5) is 9.52 Å². The molecule has 0 atom stereocenters. The van der Waals surface area contributed by atoms with E-state index >= 15 is 0 Å². The van der Waals surface area contributed by atoms with Crippen LogP contribution in [-0.4, -0.2) is 35.4 Å². The number of rotatable bonds is 6. The van der Waals surface area contributed by atoms with E-state index in [1.54, 1.807) is 17.0 Å². The Balaban J connectivity index is 1.91. The van der Waals surface area contributed by atoms with Crippen LogP contribution in [0.1, 0.15) is 23.3 Å². The van der Waals surface area contributed by atoms with Crippen LogP contribution in [0.25, 0.3) is 10.4 Å². The smallest absolute Gasteiger partial charge is 0.274 e. The minimum absolute atomic E-state index is 0.158. The largest absolute Gasteiger partial charge is 0.375 e. The Hall–Kier alpha value is -1.99. The zero-order chi connectivity index (χ0) is 16.4. The summed E-state index contributed by atoms with van der Waals surface area (Å²) in [6.45, 7) is 1.61. The van der Waals surface area contributed by atoms with Gasteiger partial charge in [0.05, 0.1) is 4.88 Å². The van der Waals surface area contributed by atoms with E-state index in [9.17, 15) is 9.18 Å². The van der Waals surface area contributed by atoms with Gasteiger partial charge in [0.2, 0.25) is 0 Å². The topological polar surface area (TPSA) is 85.2 Å². The maximum absolute atomic E-state index is 13.1. The highest BCUT2D eigenvalue weighted by Gasteiger charge is 2.29. The molecule has 1 heterocycles. The molecule has 5 nitrogen and oxygen atoms in total. The molecule has 0 bridgehead atoms. The predicted octanol–water partition coefficient (Wildman–Crippen LogP) is 2.34. The fourth-order valence-corrected chi connectivity index (χ4v) is 3.30. The average Bonchev–Trinajstić information content (AvgIpc) is 3.27. The number of nitrogen functional groups attached to an aromatic ring is 1. The number of nitrogens with two attached hydrogens (primary N) is 2. The number of amides is 1. The van der Waals surface area contributed by atoms with Gasteiger partial charge in [0, 0.05) is 19.6 Å². The minimum Gasteiger partial charge on any atom is -0.375 e. The molecule has 3 rings (SSSR count). The van der Waals surface area contributed by atoms with Gasteiger partial charge in [-0.15, -0.1) is 0 Å². The van der Waals surface area contributed by atoms with Crippen molar-refractivity contribution in [3.8, 4) is 10.4 Å². The van der Waals surface area contributed by atoms with E-state index < -0.39 is 0 Å². The monoisotopic (exact) mass is 334 g/mol. The summed E-state index contributed by atoms with van der Waals surface area (Å²) >= 11 is 1.24. The molecule has 2 aromatic rings. The molecule has 0 saturated heterocycles. The number of anilines is 1. The number of nitrogens with zero attached hydrogens (tertiary/aromatic N) is 2. The first-order valence-electron chi connectivity index (χ1n) is 7.60. The molecule has 0 spiro atoms. The summed E-state index contributed by atoms with van der Waals surface area (Å²) in [6.07, 6.45) is 2.30. The Morgan fingerprint density at radius 2 is 2.04 bits per heavy atom. The Bertz CT molecular complexity index is 697. The number of thiazole rings is 1. The Morgan fingerprint density at radius 1 is 1.35 bits per heavy atom. The van der Waals surface area contributed by atoms with Crippen LogP contribution in [-0.2, 0) is 0 Å². The third kappa shape index (κ3) is 3.68. The lowest BCUT2D eigenvalue weighted by atomic mass is 10.1. The van der Waals surface area contributed by atoms with Crippen LogP contribution in [0.3, 0.4) is 0 Å². The molecule has 0 unspecified atom stereocenters. The van der Waals surface area contributed by atoms with Crippen LogP contribution < -0.4 is 11.5 Å². The SMILES string of the molecule is NCCN(CC1CC1)C(=O)c1nc(N)sc1-c1ccc(F)cc1. The van der Waals surface area contributed by atoms with Crippen LogP contribution in [0.2, 0.25) is 0 Å². The first-order valence-corrected chi connectivity index (χ1v) is 8.41. The fourth-order valence-electron chi connectivity index (χ4n) is 2.47. The molecule has 122 valence electrons. The highest BCUT2D eigenvalue weighted by Crippen LogP contribution is 2.34. The van der Waals surface area contributed by atoms with Crippen LogP contribution in [0.5, 0.6) is 0 Å². The van der Waals surface area contributed by atoms with E-state index in [0.29, 0.717) is 41.3 Å². The molecule has 7 heteroatoms. The molecular formula is C16H19FN4OS. The van der Waals surface area contributed by atoms with Gasteiger partial charge in [-0.2, -0.15) is 0 Å². The van der Waals surface area contributed by atoms with E-state index in [1.807, 2.05) is 0 Å². The second-order valence-corrected chi connectivity index (χ2v) is 6.75. The summed E-state index contributed by atoms with van der Waals surface area (Å²) in [6, 6.07) is 5.99. The summed E-state index contributed by atoms with van der Waals surface area (Å²) in [7, 11) is 0. The maximum atomic E-state index is 13.1. The number of hydrogen-bond donors (Lipinski definition) is 2. The van der Waals surface area contributed by atoms with Crippen LogP contribution in [0, 0.1) is 11.7 Å². The molecular weight excluding hydrogens is 315 g/mol. The van der Waals surface area contributed by atoms with Crippen molar-refractivity contribution in [1.29, 1.82) is 0 Å². The Kier molecular flexibility index (Phi) is 4.58. The van der Waals surface area contributed by atoms with E-state index in [0.717, 1.165) is 18.4 Å². The van der Waals surface area contributed by atoms with Crippen molar-refractivity contribution >= 4 is 22.4 Å². The molecule has 0 radical (unpaired) electrons. The lowest BCUT2D eigenvalue weighted by molar-refractivity contribution is 0.0748. The van der Waals surface area contributed by atoms with Crippen LogP contribution >= 0.6 is 11.3 Å². The van der Waals surface area contributed by atoms with Crippen molar-refractivity contribution in [3.63, 3.8) is 0 Å². The zero-order valence-electron chi connectivity index (χ0n) is 12.7. The maximum Gasteiger partial charge on any atom is 0.274 e. The van der Waals surface area contributed by atoms with Crippen molar-refractivity contribution < 1.29 is 9.18 Å². The molecule has 1 aliphatic carbocycles. The first kappa shape index (κ1) is 15.9.